The summed E-state index contributed by atoms with van der Waals surface area (Å²) < 4.78 is 0. The molecule has 33 heavy (non-hydrogen) atoms. The standard InChI is InChI=1S/C26H36N4O2S/c1-19-6-8-22(9-7-19)25-28-20(2)24(33-25)26(32)30-15-10-21(11-16-30)18-23(31)27-12-17-29-13-4-3-5-14-29/h6-9,21H,3-5,10-18H2,1-2H3,(H,27,31). The van der Waals surface area contributed by atoms with Gasteiger partial charge in [-0.1, -0.05) is 36.2 Å². The first-order chi connectivity index (χ1) is 16.0. The van der Waals surface area contributed by atoms with E-state index in [9.17, 15) is 9.59 Å². The number of nitrogens with zero attached hydrogens (tertiary/aromatic N) is 3. The minimum Gasteiger partial charge on any atom is -0.355 e. The predicted molar refractivity (Wildman–Crippen MR) is 134 cm³/mol. The summed E-state index contributed by atoms with van der Waals surface area (Å²) in [7, 11) is 0. The summed E-state index contributed by atoms with van der Waals surface area (Å²) in [6.07, 6.45) is 6.22. The van der Waals surface area contributed by atoms with E-state index in [1.54, 1.807) is 0 Å². The molecule has 2 aromatic rings. The Bertz CT molecular complexity index is 942. The van der Waals surface area contributed by atoms with Gasteiger partial charge in [0.15, 0.2) is 0 Å². The molecule has 0 radical (unpaired) electrons. The number of thiazole rings is 1. The molecule has 1 N–H and O–H groups in total. The van der Waals surface area contributed by atoms with Crippen molar-refractivity contribution in [3.8, 4) is 10.6 Å². The molecule has 6 nitrogen and oxygen atoms in total. The fourth-order valence-corrected chi connectivity index (χ4v) is 5.81. The molecule has 1 aromatic carbocycles. The highest BCUT2D eigenvalue weighted by atomic mass is 32.1. The number of amides is 2. The second-order valence-electron chi connectivity index (χ2n) is 9.49. The monoisotopic (exact) mass is 468 g/mol. The van der Waals surface area contributed by atoms with E-state index in [1.807, 2.05) is 11.8 Å². The second kappa shape index (κ2) is 11.3. The maximum atomic E-state index is 13.2. The molecule has 0 bridgehead atoms. The summed E-state index contributed by atoms with van der Waals surface area (Å²) in [4.78, 5) is 35.3. The molecule has 0 spiro atoms. The maximum absolute atomic E-state index is 13.2. The molecule has 0 unspecified atom stereocenters. The van der Waals surface area contributed by atoms with E-state index in [0.29, 0.717) is 25.4 Å². The number of carbonyl (C=O) groups is 2. The Balaban J connectivity index is 1.23. The van der Waals surface area contributed by atoms with Crippen molar-refractivity contribution < 1.29 is 9.59 Å². The second-order valence-corrected chi connectivity index (χ2v) is 10.5. The molecular weight excluding hydrogens is 432 g/mol. The Kier molecular flexibility index (Phi) is 8.15. The number of likely N-dealkylation sites (tertiary alicyclic amines) is 2. The van der Waals surface area contributed by atoms with Crippen molar-refractivity contribution in [2.24, 2.45) is 5.92 Å². The number of aryl methyl sites for hydroxylation is 2. The fraction of sp³-hybridized carbons (Fsp3) is 0.577. The first kappa shape index (κ1) is 23.9. The molecule has 0 aliphatic carbocycles. The average molecular weight is 469 g/mol. The summed E-state index contributed by atoms with van der Waals surface area (Å²) in [5.74, 6) is 0.584. The predicted octanol–water partition coefficient (Wildman–Crippen LogP) is 4.27. The van der Waals surface area contributed by atoms with Crippen LogP contribution in [-0.2, 0) is 4.79 Å². The van der Waals surface area contributed by atoms with Gasteiger partial charge in [-0.3, -0.25) is 9.59 Å². The highest BCUT2D eigenvalue weighted by Gasteiger charge is 2.27. The van der Waals surface area contributed by atoms with Gasteiger partial charge in [-0.15, -0.1) is 11.3 Å². The fourth-order valence-electron chi connectivity index (χ4n) is 4.77. The van der Waals surface area contributed by atoms with Gasteiger partial charge in [0.05, 0.1) is 5.69 Å². The molecule has 2 amide bonds. The number of benzene rings is 1. The first-order valence-electron chi connectivity index (χ1n) is 12.3. The van der Waals surface area contributed by atoms with E-state index in [-0.39, 0.29) is 11.8 Å². The van der Waals surface area contributed by atoms with E-state index < -0.39 is 0 Å². The Hall–Kier alpha value is -2.25. The van der Waals surface area contributed by atoms with Crippen LogP contribution in [0.25, 0.3) is 10.6 Å². The lowest BCUT2D eigenvalue weighted by molar-refractivity contribution is -0.122. The lowest BCUT2D eigenvalue weighted by Crippen LogP contribution is -2.41. The van der Waals surface area contributed by atoms with Crippen LogP contribution in [0.15, 0.2) is 24.3 Å². The Labute approximate surface area is 201 Å². The topological polar surface area (TPSA) is 65.5 Å². The van der Waals surface area contributed by atoms with Gasteiger partial charge in [0.2, 0.25) is 5.91 Å². The van der Waals surface area contributed by atoms with Gasteiger partial charge in [-0.2, -0.15) is 0 Å². The lowest BCUT2D eigenvalue weighted by atomic mass is 9.93. The largest absolute Gasteiger partial charge is 0.355 e. The summed E-state index contributed by atoms with van der Waals surface area (Å²) in [5, 5.41) is 3.99. The molecule has 7 heteroatoms. The van der Waals surface area contributed by atoms with E-state index in [2.05, 4.69) is 46.4 Å². The molecule has 2 saturated heterocycles. The summed E-state index contributed by atoms with van der Waals surface area (Å²) in [6.45, 7) is 9.42. The van der Waals surface area contributed by atoms with Crippen molar-refractivity contribution in [3.63, 3.8) is 0 Å². The normalized spacial score (nSPS) is 17.8. The third kappa shape index (κ3) is 6.42. The quantitative estimate of drug-likeness (QED) is 0.659. The molecule has 0 atom stereocenters. The van der Waals surface area contributed by atoms with Crippen molar-refractivity contribution >= 4 is 23.2 Å². The van der Waals surface area contributed by atoms with Crippen LogP contribution in [0.3, 0.4) is 0 Å². The molecule has 178 valence electrons. The lowest BCUT2D eigenvalue weighted by Gasteiger charge is -2.31. The van der Waals surface area contributed by atoms with Crippen molar-refractivity contribution in [1.29, 1.82) is 0 Å². The molecule has 1 aromatic heterocycles. The Morgan fingerprint density at radius 1 is 1.03 bits per heavy atom. The third-order valence-corrected chi connectivity index (χ3v) is 8.06. The molecule has 4 rings (SSSR count). The number of aromatic nitrogens is 1. The van der Waals surface area contributed by atoms with E-state index in [0.717, 1.165) is 60.2 Å². The number of piperidine rings is 2. The zero-order valence-electron chi connectivity index (χ0n) is 19.9. The van der Waals surface area contributed by atoms with Crippen LogP contribution in [0.4, 0.5) is 0 Å². The number of hydrogen-bond acceptors (Lipinski definition) is 5. The zero-order valence-corrected chi connectivity index (χ0v) is 20.8. The SMILES string of the molecule is Cc1ccc(-c2nc(C)c(C(=O)N3CCC(CC(=O)NCCN4CCCCC4)CC3)s2)cc1. The molecule has 2 fully saturated rings. The summed E-state index contributed by atoms with van der Waals surface area (Å²) >= 11 is 1.48. The highest BCUT2D eigenvalue weighted by Crippen LogP contribution is 2.30. The molecular formula is C26H36N4O2S. The van der Waals surface area contributed by atoms with Crippen molar-refractivity contribution in [2.45, 2.75) is 52.4 Å². The first-order valence-corrected chi connectivity index (χ1v) is 13.1. The Morgan fingerprint density at radius 3 is 2.42 bits per heavy atom. The van der Waals surface area contributed by atoms with E-state index in [4.69, 9.17) is 0 Å². The number of nitrogens with one attached hydrogen (secondary N) is 1. The Morgan fingerprint density at radius 2 is 1.73 bits per heavy atom. The van der Waals surface area contributed by atoms with Gasteiger partial charge in [-0.25, -0.2) is 4.98 Å². The van der Waals surface area contributed by atoms with Crippen molar-refractivity contribution in [3.05, 3.63) is 40.4 Å². The van der Waals surface area contributed by atoms with Gasteiger partial charge >= 0.3 is 0 Å². The number of rotatable bonds is 7. The molecule has 0 saturated carbocycles. The van der Waals surface area contributed by atoms with Crippen LogP contribution in [0.5, 0.6) is 0 Å². The minimum absolute atomic E-state index is 0.0767. The van der Waals surface area contributed by atoms with Crippen molar-refractivity contribution in [1.82, 2.24) is 20.1 Å². The van der Waals surface area contributed by atoms with Crippen LogP contribution in [0.2, 0.25) is 0 Å². The summed E-state index contributed by atoms with van der Waals surface area (Å²) in [5.41, 5.74) is 3.07. The van der Waals surface area contributed by atoms with Gasteiger partial charge in [-0.05, 0) is 58.5 Å². The maximum Gasteiger partial charge on any atom is 0.265 e. The third-order valence-electron chi connectivity index (χ3n) is 6.86. The van der Waals surface area contributed by atoms with Crippen LogP contribution in [0, 0.1) is 19.8 Å². The summed E-state index contributed by atoms with van der Waals surface area (Å²) in [6, 6.07) is 8.26. The molecule has 2 aliphatic heterocycles. The molecule has 3 heterocycles. The van der Waals surface area contributed by atoms with Crippen LogP contribution >= 0.6 is 11.3 Å². The molecule has 2 aliphatic rings. The highest BCUT2D eigenvalue weighted by molar-refractivity contribution is 7.17. The van der Waals surface area contributed by atoms with E-state index in [1.165, 1.54) is 36.2 Å². The number of carbonyl (C=O) groups excluding carboxylic acids is 2. The van der Waals surface area contributed by atoms with Crippen LogP contribution in [0.1, 0.15) is 59.5 Å². The zero-order chi connectivity index (χ0) is 23.2. The van der Waals surface area contributed by atoms with Crippen LogP contribution in [-0.4, -0.2) is 65.9 Å². The van der Waals surface area contributed by atoms with E-state index >= 15 is 0 Å². The smallest absolute Gasteiger partial charge is 0.265 e. The van der Waals surface area contributed by atoms with Crippen molar-refractivity contribution in [2.75, 3.05) is 39.3 Å². The average Bonchev–Trinajstić information content (AvgIpc) is 3.22. The van der Waals surface area contributed by atoms with Gasteiger partial charge in [0, 0.05) is 38.2 Å². The van der Waals surface area contributed by atoms with Gasteiger partial charge < -0.3 is 15.1 Å². The number of hydrogen-bond donors (Lipinski definition) is 1. The minimum atomic E-state index is 0.0767. The van der Waals surface area contributed by atoms with Crippen LogP contribution < -0.4 is 5.32 Å². The van der Waals surface area contributed by atoms with Gasteiger partial charge in [0.1, 0.15) is 9.88 Å². The van der Waals surface area contributed by atoms with Gasteiger partial charge in [0.25, 0.3) is 5.91 Å².